The van der Waals surface area contributed by atoms with Crippen LogP contribution < -0.4 is 0 Å². The van der Waals surface area contributed by atoms with Crippen LogP contribution in [-0.4, -0.2) is 31.0 Å². The van der Waals surface area contributed by atoms with E-state index < -0.39 is 12.0 Å². The first-order valence-corrected chi connectivity index (χ1v) is 8.19. The van der Waals surface area contributed by atoms with Crippen molar-refractivity contribution in [2.24, 2.45) is 0 Å². The van der Waals surface area contributed by atoms with Crippen LogP contribution in [0.2, 0.25) is 0 Å². The lowest BCUT2D eigenvalue weighted by Gasteiger charge is -2.32. The average Bonchev–Trinajstić information content (AvgIpc) is 2.46. The van der Waals surface area contributed by atoms with Gasteiger partial charge in [-0.1, -0.05) is 17.7 Å². The number of thioether (sulfide) groups is 1. The van der Waals surface area contributed by atoms with Gasteiger partial charge in [-0.25, -0.2) is 4.31 Å². The Labute approximate surface area is 129 Å². The molecule has 0 saturated carbocycles. The van der Waals surface area contributed by atoms with Crippen molar-refractivity contribution in [3.05, 3.63) is 29.8 Å². The van der Waals surface area contributed by atoms with Gasteiger partial charge in [0.2, 0.25) is 0 Å². The highest BCUT2D eigenvalue weighted by Crippen LogP contribution is 2.54. The molecule has 0 aliphatic carbocycles. The number of rotatable bonds is 3. The second-order valence-electron chi connectivity index (χ2n) is 6.12. The van der Waals surface area contributed by atoms with Crippen LogP contribution in [0.25, 0.3) is 0 Å². The van der Waals surface area contributed by atoms with Crippen molar-refractivity contribution in [1.82, 2.24) is 4.31 Å². The van der Waals surface area contributed by atoms with Gasteiger partial charge in [0.15, 0.2) is 0 Å². The Hall–Kier alpha value is -0.650. The van der Waals surface area contributed by atoms with E-state index in [2.05, 4.69) is 26.0 Å². The first-order valence-electron chi connectivity index (χ1n) is 6.60. The van der Waals surface area contributed by atoms with Crippen molar-refractivity contribution in [3.63, 3.8) is 0 Å². The first-order chi connectivity index (χ1) is 9.13. The molecule has 0 aromatic heterocycles. The smallest absolute Gasteiger partial charge is 0.323 e. The number of nitrogens with zero attached hydrogens (tertiary/aromatic N) is 1. The second kappa shape index (κ2) is 5.28. The standard InChI is InChI=1S/C15H21NO2S2/c1-10-6-8-11(9-7-10)19-16-12(13(17)18)14(2,3)20-15(16,4)5/h6-9,12H,1-5H3,(H,17,18). The molecule has 1 N–H and O–H groups in total. The van der Waals surface area contributed by atoms with E-state index in [1.807, 2.05) is 37.2 Å². The maximum Gasteiger partial charge on any atom is 0.323 e. The Balaban J connectivity index is 2.31. The molecule has 1 unspecified atom stereocenters. The van der Waals surface area contributed by atoms with Crippen molar-refractivity contribution >= 4 is 29.7 Å². The van der Waals surface area contributed by atoms with Gasteiger partial charge in [0.25, 0.3) is 0 Å². The van der Waals surface area contributed by atoms with E-state index in [1.165, 1.54) is 17.5 Å². The minimum atomic E-state index is -0.757. The topological polar surface area (TPSA) is 40.5 Å². The molecule has 1 atom stereocenters. The van der Waals surface area contributed by atoms with Crippen LogP contribution >= 0.6 is 23.7 Å². The highest BCUT2D eigenvalue weighted by atomic mass is 32.2. The molecule has 0 radical (unpaired) electrons. The fraction of sp³-hybridized carbons (Fsp3) is 0.533. The third-order valence-electron chi connectivity index (χ3n) is 3.40. The van der Waals surface area contributed by atoms with Crippen LogP contribution in [-0.2, 0) is 4.79 Å². The summed E-state index contributed by atoms with van der Waals surface area (Å²) in [7, 11) is 0. The van der Waals surface area contributed by atoms with Gasteiger partial charge in [-0.3, -0.25) is 4.79 Å². The van der Waals surface area contributed by atoms with Gasteiger partial charge in [0, 0.05) is 9.64 Å². The Kier molecular flexibility index (Phi) is 4.15. The van der Waals surface area contributed by atoms with Crippen molar-refractivity contribution in [2.45, 2.75) is 55.2 Å². The van der Waals surface area contributed by atoms with Crippen molar-refractivity contribution in [3.8, 4) is 0 Å². The number of hydrogen-bond donors (Lipinski definition) is 1. The number of aryl methyl sites for hydroxylation is 1. The zero-order chi connectivity index (χ0) is 15.1. The van der Waals surface area contributed by atoms with Gasteiger partial charge >= 0.3 is 5.97 Å². The van der Waals surface area contributed by atoms with E-state index in [4.69, 9.17) is 0 Å². The summed E-state index contributed by atoms with van der Waals surface area (Å²) in [5.74, 6) is -0.757. The van der Waals surface area contributed by atoms with Gasteiger partial charge in [0.05, 0.1) is 4.87 Å². The number of carbonyl (C=O) groups is 1. The first kappa shape index (κ1) is 15.7. The zero-order valence-corrected chi connectivity index (χ0v) is 14.1. The predicted molar refractivity (Wildman–Crippen MR) is 86.0 cm³/mol. The van der Waals surface area contributed by atoms with Gasteiger partial charge < -0.3 is 5.11 Å². The molecule has 2 rings (SSSR count). The lowest BCUT2D eigenvalue weighted by molar-refractivity contribution is -0.142. The third-order valence-corrected chi connectivity index (χ3v) is 6.30. The summed E-state index contributed by atoms with van der Waals surface area (Å²) >= 11 is 3.25. The second-order valence-corrected chi connectivity index (χ2v) is 9.43. The predicted octanol–water partition coefficient (Wildman–Crippen LogP) is 4.02. The number of aliphatic carboxylic acids is 1. The lowest BCUT2D eigenvalue weighted by atomic mass is 10.0. The molecule has 3 nitrogen and oxygen atoms in total. The lowest BCUT2D eigenvalue weighted by Crippen LogP contribution is -2.46. The third kappa shape index (κ3) is 3.00. The van der Waals surface area contributed by atoms with Crippen LogP contribution in [0.1, 0.15) is 33.3 Å². The van der Waals surface area contributed by atoms with Crippen LogP contribution in [0.15, 0.2) is 29.2 Å². The van der Waals surface area contributed by atoms with Crippen LogP contribution in [0.4, 0.5) is 0 Å². The van der Waals surface area contributed by atoms with E-state index in [0.29, 0.717) is 0 Å². The fourth-order valence-corrected chi connectivity index (χ4v) is 5.87. The zero-order valence-electron chi connectivity index (χ0n) is 12.5. The van der Waals surface area contributed by atoms with E-state index in [9.17, 15) is 9.90 Å². The van der Waals surface area contributed by atoms with Crippen molar-refractivity contribution < 1.29 is 9.90 Å². The quantitative estimate of drug-likeness (QED) is 0.854. The molecule has 1 aromatic rings. The number of carboxylic acids is 1. The SMILES string of the molecule is Cc1ccc(SN2C(C(=O)O)C(C)(C)SC2(C)C)cc1. The largest absolute Gasteiger partial charge is 0.480 e. The minimum Gasteiger partial charge on any atom is -0.480 e. The molecular weight excluding hydrogens is 290 g/mol. The van der Waals surface area contributed by atoms with Crippen LogP contribution in [0, 0.1) is 6.92 Å². The molecule has 1 aliphatic heterocycles. The fourth-order valence-electron chi connectivity index (χ4n) is 2.61. The molecule has 0 amide bonds. The van der Waals surface area contributed by atoms with Crippen LogP contribution in [0.5, 0.6) is 0 Å². The maximum absolute atomic E-state index is 11.7. The maximum atomic E-state index is 11.7. The van der Waals surface area contributed by atoms with Gasteiger partial charge in [-0.2, -0.15) is 0 Å². The molecule has 0 spiro atoms. The minimum absolute atomic E-state index is 0.220. The Morgan fingerprint density at radius 3 is 2.30 bits per heavy atom. The molecule has 20 heavy (non-hydrogen) atoms. The molecule has 1 fully saturated rings. The highest BCUT2D eigenvalue weighted by molar-refractivity contribution is 8.04. The van der Waals surface area contributed by atoms with E-state index in [-0.39, 0.29) is 9.62 Å². The normalized spacial score (nSPS) is 24.8. The molecular formula is C15H21NO2S2. The summed E-state index contributed by atoms with van der Waals surface area (Å²) in [4.78, 5) is 12.5. The Bertz CT molecular complexity index is 511. The van der Waals surface area contributed by atoms with Crippen molar-refractivity contribution in [1.29, 1.82) is 0 Å². The number of benzene rings is 1. The van der Waals surface area contributed by atoms with Gasteiger partial charge in [-0.05, 0) is 58.7 Å². The number of hydrogen-bond acceptors (Lipinski definition) is 4. The molecule has 5 heteroatoms. The average molecular weight is 311 g/mol. The van der Waals surface area contributed by atoms with E-state index >= 15 is 0 Å². The Morgan fingerprint density at radius 1 is 1.25 bits per heavy atom. The highest BCUT2D eigenvalue weighted by Gasteiger charge is 2.55. The van der Waals surface area contributed by atoms with Gasteiger partial charge in [0.1, 0.15) is 6.04 Å². The monoisotopic (exact) mass is 311 g/mol. The summed E-state index contributed by atoms with van der Waals surface area (Å²) in [5, 5.41) is 9.61. The molecule has 0 bridgehead atoms. The summed E-state index contributed by atoms with van der Waals surface area (Å²) in [6.45, 7) is 10.2. The van der Waals surface area contributed by atoms with Gasteiger partial charge in [-0.15, -0.1) is 11.8 Å². The number of carboxylic acid groups (broad SMARTS) is 1. The molecule has 110 valence electrons. The van der Waals surface area contributed by atoms with E-state index in [0.717, 1.165) is 4.90 Å². The van der Waals surface area contributed by atoms with E-state index in [1.54, 1.807) is 11.8 Å². The molecule has 1 aromatic carbocycles. The van der Waals surface area contributed by atoms with Crippen LogP contribution in [0.3, 0.4) is 0 Å². The summed E-state index contributed by atoms with van der Waals surface area (Å²) < 4.78 is 1.71. The summed E-state index contributed by atoms with van der Waals surface area (Å²) in [6, 6.07) is 7.70. The molecule has 1 aliphatic rings. The Morgan fingerprint density at radius 2 is 1.80 bits per heavy atom. The summed E-state index contributed by atoms with van der Waals surface area (Å²) in [5.41, 5.74) is 1.21. The van der Waals surface area contributed by atoms with Crippen molar-refractivity contribution in [2.75, 3.05) is 0 Å². The summed E-state index contributed by atoms with van der Waals surface area (Å²) in [6.07, 6.45) is 0. The molecule has 1 saturated heterocycles. The molecule has 1 heterocycles.